The van der Waals surface area contributed by atoms with Gasteiger partial charge in [-0.3, -0.25) is 4.79 Å². The molecule has 2 N–H and O–H groups in total. The van der Waals surface area contributed by atoms with E-state index < -0.39 is 44.0 Å². The molecule has 9 nitrogen and oxygen atoms in total. The molecule has 0 aliphatic carbocycles. The molecule has 1 aromatic carbocycles. The predicted octanol–water partition coefficient (Wildman–Crippen LogP) is 0.520. The topological polar surface area (TPSA) is 124 Å². The maximum absolute atomic E-state index is 12.8. The van der Waals surface area contributed by atoms with Gasteiger partial charge in [-0.15, -0.1) is 0 Å². The number of rotatable bonds is 13. The Morgan fingerprint density at radius 2 is 1.59 bits per heavy atom. The summed E-state index contributed by atoms with van der Waals surface area (Å²) >= 11 is 0. The maximum Gasteiger partial charge on any atom is 0.224 e. The molecule has 0 saturated heterocycles. The van der Waals surface area contributed by atoms with Gasteiger partial charge in [-0.05, 0) is 17.9 Å². The summed E-state index contributed by atoms with van der Waals surface area (Å²) < 4.78 is 50.9. The highest BCUT2D eigenvalue weighted by Crippen LogP contribution is 2.13. The standard InChI is InChI=1S/C21H37N3O6S2/c1-16(2)13-24(31(6,27)28)14-20(25)19(12-18-10-8-7-9-11-18)22-21(26)17(3)15-32(29,30)23(4)5/h7-11,16-17,19-20,25H,12-15H2,1-6H3,(H,22,26)/t17-,19+,20-/m1/s1. The zero-order valence-electron chi connectivity index (χ0n) is 19.7. The Labute approximate surface area is 192 Å². The van der Waals surface area contributed by atoms with Gasteiger partial charge in [-0.2, -0.15) is 4.31 Å². The molecular formula is C21H37N3O6S2. The van der Waals surface area contributed by atoms with E-state index in [2.05, 4.69) is 5.32 Å². The van der Waals surface area contributed by atoms with Gasteiger partial charge in [-0.1, -0.05) is 51.1 Å². The summed E-state index contributed by atoms with van der Waals surface area (Å²) in [5, 5.41) is 13.7. The molecule has 0 saturated carbocycles. The first-order valence-electron chi connectivity index (χ1n) is 10.5. The second-order valence-electron chi connectivity index (χ2n) is 8.81. The second kappa shape index (κ2) is 12.1. The van der Waals surface area contributed by atoms with Crippen LogP contribution < -0.4 is 5.32 Å². The van der Waals surface area contributed by atoms with Crippen molar-refractivity contribution in [2.45, 2.75) is 39.3 Å². The van der Waals surface area contributed by atoms with Gasteiger partial charge >= 0.3 is 0 Å². The molecule has 0 heterocycles. The number of nitrogens with zero attached hydrogens (tertiary/aromatic N) is 2. The van der Waals surface area contributed by atoms with E-state index in [0.29, 0.717) is 0 Å². The first kappa shape index (κ1) is 28.5. The molecule has 1 aromatic rings. The molecule has 0 spiro atoms. The van der Waals surface area contributed by atoms with Gasteiger partial charge in [0.25, 0.3) is 0 Å². The van der Waals surface area contributed by atoms with Crippen LogP contribution in [-0.4, -0.2) is 87.8 Å². The molecule has 32 heavy (non-hydrogen) atoms. The number of hydrogen-bond acceptors (Lipinski definition) is 6. The number of sulfonamides is 2. The number of benzene rings is 1. The van der Waals surface area contributed by atoms with E-state index in [1.165, 1.54) is 25.3 Å². The summed E-state index contributed by atoms with van der Waals surface area (Å²) in [6.07, 6.45) is 0.159. The number of amides is 1. The average molecular weight is 492 g/mol. The van der Waals surface area contributed by atoms with Crippen molar-refractivity contribution in [3.63, 3.8) is 0 Å². The normalized spacial score (nSPS) is 15.7. The molecule has 11 heteroatoms. The lowest BCUT2D eigenvalue weighted by molar-refractivity contribution is -0.125. The van der Waals surface area contributed by atoms with Crippen LogP contribution in [0.4, 0.5) is 0 Å². The minimum atomic E-state index is -3.59. The van der Waals surface area contributed by atoms with Crippen molar-refractivity contribution < 1.29 is 26.7 Å². The highest BCUT2D eigenvalue weighted by Gasteiger charge is 2.30. The van der Waals surface area contributed by atoms with E-state index in [0.717, 1.165) is 16.1 Å². The van der Waals surface area contributed by atoms with Crippen LogP contribution in [0.15, 0.2) is 30.3 Å². The summed E-state index contributed by atoms with van der Waals surface area (Å²) in [7, 11) is -4.35. The SMILES string of the molecule is CC(C)CN(C[C@@H](O)[C@H](Cc1ccccc1)NC(=O)[C@H](C)CS(=O)(=O)N(C)C)S(C)(=O)=O. The summed E-state index contributed by atoms with van der Waals surface area (Å²) in [6.45, 7) is 5.31. The average Bonchev–Trinajstić information content (AvgIpc) is 2.66. The highest BCUT2D eigenvalue weighted by atomic mass is 32.2. The first-order valence-corrected chi connectivity index (χ1v) is 14.0. The van der Waals surface area contributed by atoms with Crippen molar-refractivity contribution in [2.75, 3.05) is 39.2 Å². The number of carbonyl (C=O) groups is 1. The van der Waals surface area contributed by atoms with Crippen LogP contribution in [0.5, 0.6) is 0 Å². The van der Waals surface area contributed by atoms with E-state index in [-0.39, 0.29) is 31.2 Å². The van der Waals surface area contributed by atoms with Crippen molar-refractivity contribution in [1.82, 2.24) is 13.9 Å². The Morgan fingerprint density at radius 3 is 2.06 bits per heavy atom. The third-order valence-electron chi connectivity index (χ3n) is 4.98. The quantitative estimate of drug-likeness (QED) is 0.415. The fraction of sp³-hybridized carbons (Fsp3) is 0.667. The Bertz CT molecular complexity index is 934. The Morgan fingerprint density at radius 1 is 1.03 bits per heavy atom. The van der Waals surface area contributed by atoms with E-state index in [9.17, 15) is 26.7 Å². The predicted molar refractivity (Wildman–Crippen MR) is 126 cm³/mol. The number of hydrogen-bond donors (Lipinski definition) is 2. The fourth-order valence-corrected chi connectivity index (χ4v) is 5.18. The van der Waals surface area contributed by atoms with Crippen LogP contribution >= 0.6 is 0 Å². The van der Waals surface area contributed by atoms with Crippen LogP contribution in [0.25, 0.3) is 0 Å². The lowest BCUT2D eigenvalue weighted by Crippen LogP contribution is -2.52. The number of aliphatic hydroxyl groups excluding tert-OH is 1. The monoisotopic (exact) mass is 491 g/mol. The lowest BCUT2D eigenvalue weighted by Gasteiger charge is -2.30. The third kappa shape index (κ3) is 9.53. The Kier molecular flexibility index (Phi) is 10.8. The van der Waals surface area contributed by atoms with Gasteiger partial charge in [-0.25, -0.2) is 21.1 Å². The van der Waals surface area contributed by atoms with Crippen LogP contribution in [-0.2, 0) is 31.3 Å². The molecule has 1 rings (SSSR count). The minimum Gasteiger partial charge on any atom is -0.390 e. The smallest absolute Gasteiger partial charge is 0.224 e. The molecule has 0 aliphatic rings. The largest absolute Gasteiger partial charge is 0.390 e. The van der Waals surface area contributed by atoms with Gasteiger partial charge in [0.1, 0.15) is 0 Å². The van der Waals surface area contributed by atoms with E-state index >= 15 is 0 Å². The van der Waals surface area contributed by atoms with E-state index in [1.54, 1.807) is 0 Å². The number of aliphatic hydroxyl groups is 1. The van der Waals surface area contributed by atoms with Gasteiger partial charge in [0.2, 0.25) is 26.0 Å². The third-order valence-corrected chi connectivity index (χ3v) is 8.25. The van der Waals surface area contributed by atoms with Crippen LogP contribution in [0.2, 0.25) is 0 Å². The minimum absolute atomic E-state index is 0.0513. The maximum atomic E-state index is 12.8. The van der Waals surface area contributed by atoms with Gasteiger partial charge < -0.3 is 10.4 Å². The van der Waals surface area contributed by atoms with Gasteiger partial charge in [0.05, 0.1) is 30.1 Å². The molecule has 0 radical (unpaired) electrons. The van der Waals surface area contributed by atoms with Crippen molar-refractivity contribution in [1.29, 1.82) is 0 Å². The molecule has 0 unspecified atom stereocenters. The molecule has 0 bridgehead atoms. The molecular weight excluding hydrogens is 454 g/mol. The van der Waals surface area contributed by atoms with Crippen molar-refractivity contribution >= 4 is 26.0 Å². The van der Waals surface area contributed by atoms with Crippen LogP contribution in [0, 0.1) is 11.8 Å². The molecule has 1 amide bonds. The van der Waals surface area contributed by atoms with Crippen molar-refractivity contribution in [3.8, 4) is 0 Å². The van der Waals surface area contributed by atoms with Crippen LogP contribution in [0.1, 0.15) is 26.3 Å². The summed E-state index contributed by atoms with van der Waals surface area (Å²) in [5.41, 5.74) is 0.847. The van der Waals surface area contributed by atoms with Crippen molar-refractivity contribution in [3.05, 3.63) is 35.9 Å². The number of nitrogens with one attached hydrogen (secondary N) is 1. The Hall–Kier alpha value is -1.53. The Balaban J connectivity index is 3.07. The molecule has 0 aromatic heterocycles. The van der Waals surface area contributed by atoms with Gasteiger partial charge in [0, 0.05) is 27.2 Å². The van der Waals surface area contributed by atoms with Gasteiger partial charge in [0.15, 0.2) is 0 Å². The molecule has 184 valence electrons. The van der Waals surface area contributed by atoms with Crippen LogP contribution in [0.3, 0.4) is 0 Å². The van der Waals surface area contributed by atoms with E-state index in [4.69, 9.17) is 0 Å². The fourth-order valence-electron chi connectivity index (χ4n) is 3.11. The van der Waals surface area contributed by atoms with Crippen molar-refractivity contribution in [2.24, 2.45) is 11.8 Å². The summed E-state index contributed by atoms with van der Waals surface area (Å²) in [4.78, 5) is 12.8. The first-order chi connectivity index (χ1) is 14.6. The van der Waals surface area contributed by atoms with E-state index in [1.807, 2.05) is 44.2 Å². The second-order valence-corrected chi connectivity index (χ2v) is 13.0. The summed E-state index contributed by atoms with van der Waals surface area (Å²) in [5.74, 6) is -1.70. The highest BCUT2D eigenvalue weighted by molar-refractivity contribution is 7.89. The molecule has 3 atom stereocenters. The molecule has 0 fully saturated rings. The summed E-state index contributed by atoms with van der Waals surface area (Å²) in [6, 6.07) is 8.38. The zero-order valence-corrected chi connectivity index (χ0v) is 21.4. The zero-order chi connectivity index (χ0) is 24.7. The molecule has 0 aliphatic heterocycles. The number of carbonyl (C=O) groups excluding carboxylic acids is 1. The lowest BCUT2D eigenvalue weighted by atomic mass is 10.00.